The van der Waals surface area contributed by atoms with Gasteiger partial charge in [0.05, 0.1) is 17.7 Å². The van der Waals surface area contributed by atoms with Crippen LogP contribution in [-0.2, 0) is 4.79 Å². The molecule has 1 fully saturated rings. The summed E-state index contributed by atoms with van der Waals surface area (Å²) in [6.45, 7) is 3.99. The third-order valence-electron chi connectivity index (χ3n) is 4.23. The van der Waals surface area contributed by atoms with E-state index >= 15 is 0 Å². The number of amides is 1. The molecule has 1 heterocycles. The largest absolute Gasteiger partial charge is 0.392 e. The van der Waals surface area contributed by atoms with Gasteiger partial charge in [-0.2, -0.15) is 0 Å². The molecule has 116 valence electrons. The van der Waals surface area contributed by atoms with Crippen LogP contribution < -0.4 is 5.32 Å². The predicted molar refractivity (Wildman–Crippen MR) is 85.0 cm³/mol. The standard InChI is InChI=1S/C17H21N3O2/c1-11-6-8-13(9-7-11)20-12(2)10-16(19-20)18-17(22)14-4-3-5-15(14)21/h6-10,14-15,21H,3-5H2,1-2H3,(H,18,19,22). The topological polar surface area (TPSA) is 67.2 Å². The molecule has 5 heteroatoms. The Kier molecular flexibility index (Phi) is 3.98. The molecule has 22 heavy (non-hydrogen) atoms. The van der Waals surface area contributed by atoms with E-state index in [2.05, 4.69) is 10.4 Å². The van der Waals surface area contributed by atoms with Crippen molar-refractivity contribution in [3.63, 3.8) is 0 Å². The molecule has 2 unspecified atom stereocenters. The van der Waals surface area contributed by atoms with E-state index < -0.39 is 6.10 Å². The molecule has 1 aromatic carbocycles. The number of hydrogen-bond acceptors (Lipinski definition) is 3. The summed E-state index contributed by atoms with van der Waals surface area (Å²) in [6, 6.07) is 9.91. The van der Waals surface area contributed by atoms with E-state index in [1.54, 1.807) is 4.68 Å². The van der Waals surface area contributed by atoms with E-state index in [-0.39, 0.29) is 11.8 Å². The van der Waals surface area contributed by atoms with E-state index in [1.165, 1.54) is 5.56 Å². The van der Waals surface area contributed by atoms with E-state index in [0.29, 0.717) is 12.2 Å². The Morgan fingerprint density at radius 2 is 2.00 bits per heavy atom. The molecule has 0 aliphatic heterocycles. The van der Waals surface area contributed by atoms with E-state index in [1.807, 2.05) is 44.2 Å². The van der Waals surface area contributed by atoms with Gasteiger partial charge in [0.15, 0.2) is 5.82 Å². The third-order valence-corrected chi connectivity index (χ3v) is 4.23. The van der Waals surface area contributed by atoms with Crippen LogP contribution in [0.2, 0.25) is 0 Å². The first-order valence-corrected chi connectivity index (χ1v) is 7.67. The van der Waals surface area contributed by atoms with Crippen molar-refractivity contribution in [1.82, 2.24) is 9.78 Å². The van der Waals surface area contributed by atoms with Crippen LogP contribution in [0.3, 0.4) is 0 Å². The lowest BCUT2D eigenvalue weighted by Gasteiger charge is -2.12. The molecule has 1 aromatic heterocycles. The molecule has 0 radical (unpaired) electrons. The SMILES string of the molecule is Cc1ccc(-n2nc(NC(=O)C3CCCC3O)cc2C)cc1. The molecule has 2 atom stereocenters. The van der Waals surface area contributed by atoms with Crippen LogP contribution in [0.5, 0.6) is 0 Å². The number of rotatable bonds is 3. The van der Waals surface area contributed by atoms with Gasteiger partial charge in [0, 0.05) is 11.8 Å². The van der Waals surface area contributed by atoms with Gasteiger partial charge in [0.2, 0.25) is 5.91 Å². The van der Waals surface area contributed by atoms with Gasteiger partial charge in [-0.15, -0.1) is 5.10 Å². The average Bonchev–Trinajstić information content (AvgIpc) is 3.06. The predicted octanol–water partition coefficient (Wildman–Crippen LogP) is 2.59. The van der Waals surface area contributed by atoms with Gasteiger partial charge in [-0.3, -0.25) is 4.79 Å². The Balaban J connectivity index is 1.77. The number of carbonyl (C=O) groups excluding carboxylic acids is 1. The summed E-state index contributed by atoms with van der Waals surface area (Å²) in [5, 5.41) is 17.1. The zero-order valence-corrected chi connectivity index (χ0v) is 12.9. The van der Waals surface area contributed by atoms with Gasteiger partial charge >= 0.3 is 0 Å². The number of anilines is 1. The summed E-state index contributed by atoms with van der Waals surface area (Å²) < 4.78 is 1.81. The average molecular weight is 299 g/mol. The maximum atomic E-state index is 12.2. The van der Waals surface area contributed by atoms with Crippen molar-refractivity contribution in [3.8, 4) is 5.69 Å². The lowest BCUT2D eigenvalue weighted by atomic mass is 10.1. The second kappa shape index (κ2) is 5.93. The molecule has 1 aliphatic carbocycles. The second-order valence-electron chi connectivity index (χ2n) is 6.01. The van der Waals surface area contributed by atoms with Crippen LogP contribution in [0.15, 0.2) is 30.3 Å². The number of carbonyl (C=O) groups is 1. The Bertz CT molecular complexity index is 676. The van der Waals surface area contributed by atoms with Crippen LogP contribution in [0.1, 0.15) is 30.5 Å². The van der Waals surface area contributed by atoms with Crippen LogP contribution in [0, 0.1) is 19.8 Å². The summed E-state index contributed by atoms with van der Waals surface area (Å²) in [5.74, 6) is 0.0746. The van der Waals surface area contributed by atoms with Crippen LogP contribution in [-0.4, -0.2) is 26.9 Å². The van der Waals surface area contributed by atoms with Crippen molar-refractivity contribution in [1.29, 1.82) is 0 Å². The highest BCUT2D eigenvalue weighted by Crippen LogP contribution is 2.27. The zero-order valence-electron chi connectivity index (χ0n) is 12.9. The smallest absolute Gasteiger partial charge is 0.231 e. The zero-order chi connectivity index (χ0) is 15.7. The number of aryl methyl sites for hydroxylation is 2. The van der Waals surface area contributed by atoms with E-state index in [4.69, 9.17) is 0 Å². The number of aliphatic hydroxyl groups is 1. The minimum absolute atomic E-state index is 0.140. The molecule has 0 saturated heterocycles. The Morgan fingerprint density at radius 1 is 1.27 bits per heavy atom. The van der Waals surface area contributed by atoms with Crippen LogP contribution in [0.4, 0.5) is 5.82 Å². The highest BCUT2D eigenvalue weighted by Gasteiger charge is 2.31. The maximum absolute atomic E-state index is 12.2. The van der Waals surface area contributed by atoms with Gasteiger partial charge in [0.1, 0.15) is 0 Å². The summed E-state index contributed by atoms with van der Waals surface area (Å²) in [5.41, 5.74) is 3.10. The molecule has 2 aromatic rings. The molecule has 3 rings (SSSR count). The van der Waals surface area contributed by atoms with Gasteiger partial charge in [-0.25, -0.2) is 4.68 Å². The first-order chi connectivity index (χ1) is 10.5. The number of aliphatic hydroxyl groups excluding tert-OH is 1. The van der Waals surface area contributed by atoms with Gasteiger partial charge in [-0.05, 0) is 45.2 Å². The number of nitrogens with one attached hydrogen (secondary N) is 1. The second-order valence-corrected chi connectivity index (χ2v) is 6.01. The molecule has 1 aliphatic rings. The highest BCUT2D eigenvalue weighted by molar-refractivity contribution is 5.92. The normalized spacial score (nSPS) is 21.0. The van der Waals surface area contributed by atoms with Crippen LogP contribution in [0.25, 0.3) is 5.69 Å². The molecule has 0 spiro atoms. The van der Waals surface area contributed by atoms with Crippen molar-refractivity contribution in [2.45, 2.75) is 39.2 Å². The monoisotopic (exact) mass is 299 g/mol. The van der Waals surface area contributed by atoms with E-state index in [9.17, 15) is 9.90 Å². The number of aromatic nitrogens is 2. The minimum Gasteiger partial charge on any atom is -0.392 e. The number of hydrogen-bond donors (Lipinski definition) is 2. The van der Waals surface area contributed by atoms with Crippen molar-refractivity contribution in [2.24, 2.45) is 5.92 Å². The molecule has 1 amide bonds. The Morgan fingerprint density at radius 3 is 2.64 bits per heavy atom. The fourth-order valence-electron chi connectivity index (χ4n) is 2.95. The van der Waals surface area contributed by atoms with Crippen molar-refractivity contribution in [2.75, 3.05) is 5.32 Å². The molecule has 2 N–H and O–H groups in total. The number of nitrogens with zero attached hydrogens (tertiary/aromatic N) is 2. The minimum atomic E-state index is -0.528. The van der Waals surface area contributed by atoms with Crippen molar-refractivity contribution in [3.05, 3.63) is 41.6 Å². The fraction of sp³-hybridized carbons (Fsp3) is 0.412. The fourth-order valence-corrected chi connectivity index (χ4v) is 2.95. The maximum Gasteiger partial charge on any atom is 0.231 e. The number of benzene rings is 1. The van der Waals surface area contributed by atoms with Crippen LogP contribution >= 0.6 is 0 Å². The summed E-state index contributed by atoms with van der Waals surface area (Å²) in [7, 11) is 0. The highest BCUT2D eigenvalue weighted by atomic mass is 16.3. The lowest BCUT2D eigenvalue weighted by Crippen LogP contribution is -2.28. The van der Waals surface area contributed by atoms with Gasteiger partial charge < -0.3 is 10.4 Å². The Labute approximate surface area is 130 Å². The van der Waals surface area contributed by atoms with Gasteiger partial charge in [0.25, 0.3) is 0 Å². The molecular weight excluding hydrogens is 278 g/mol. The molecule has 0 bridgehead atoms. The van der Waals surface area contributed by atoms with Gasteiger partial charge in [-0.1, -0.05) is 17.7 Å². The molecule has 5 nitrogen and oxygen atoms in total. The summed E-state index contributed by atoms with van der Waals surface area (Å²) >= 11 is 0. The quantitative estimate of drug-likeness (QED) is 0.915. The van der Waals surface area contributed by atoms with E-state index in [0.717, 1.165) is 24.2 Å². The molecule has 1 saturated carbocycles. The summed E-state index contributed by atoms with van der Waals surface area (Å²) in [4.78, 5) is 12.2. The molecular formula is C17H21N3O2. The third kappa shape index (κ3) is 2.90. The Hall–Kier alpha value is -2.14. The first-order valence-electron chi connectivity index (χ1n) is 7.67. The van der Waals surface area contributed by atoms with Crippen molar-refractivity contribution < 1.29 is 9.90 Å². The summed E-state index contributed by atoms with van der Waals surface area (Å²) in [6.07, 6.45) is 1.82. The van der Waals surface area contributed by atoms with Crippen molar-refractivity contribution >= 4 is 11.7 Å². The lowest BCUT2D eigenvalue weighted by molar-refractivity contribution is -0.122. The first kappa shape index (κ1) is 14.8.